The average molecular weight is 418 g/mol. The molecule has 0 spiro atoms. The van der Waals surface area contributed by atoms with Crippen LogP contribution in [0, 0.1) is 5.41 Å². The predicted molar refractivity (Wildman–Crippen MR) is 79.3 cm³/mol. The van der Waals surface area contributed by atoms with Crippen LogP contribution in [0.25, 0.3) is 10.8 Å². The summed E-state index contributed by atoms with van der Waals surface area (Å²) in [6, 6.07) is 9.56. The van der Waals surface area contributed by atoms with Crippen molar-refractivity contribution in [1.29, 1.82) is 0 Å². The van der Waals surface area contributed by atoms with Crippen LogP contribution in [0.4, 0.5) is 0 Å². The summed E-state index contributed by atoms with van der Waals surface area (Å²) in [5.74, 6) is 0. The summed E-state index contributed by atoms with van der Waals surface area (Å²) in [5.41, 5.74) is 5.20. The van der Waals surface area contributed by atoms with Crippen molar-refractivity contribution in [1.82, 2.24) is 0 Å². The second-order valence-electron chi connectivity index (χ2n) is 6.69. The third-order valence-corrected chi connectivity index (χ3v) is 4.32. The molecule has 2 aromatic carbocycles. The van der Waals surface area contributed by atoms with Gasteiger partial charge in [-0.3, -0.25) is 0 Å². The molecular weight excluding hydrogens is 395 g/mol. The number of hydrogen-bond acceptors (Lipinski definition) is 0. The molecule has 0 aromatic heterocycles. The third-order valence-electron chi connectivity index (χ3n) is 4.32. The fourth-order valence-electron chi connectivity index (χ4n) is 3.41. The number of benzene rings is 1. The van der Waals surface area contributed by atoms with Gasteiger partial charge in [-0.15, -0.1) is 34.5 Å². The van der Waals surface area contributed by atoms with Gasteiger partial charge in [0.25, 0.3) is 0 Å². The van der Waals surface area contributed by atoms with E-state index in [9.17, 15) is 0 Å². The SMILES string of the molecule is CCCC[c-]1ccc2cc3c(cc21)CC(C)(C)C3.[Hf]. The monoisotopic (exact) mass is 419 g/mol. The standard InChI is InChI=1S/C18H23.Hf/c1-4-5-6-13-7-8-14-9-15-11-18(2,3)12-16(15)10-17(13)14;/h7-10H,4-6,11-12H2,1-3H3;/q-1;. The first-order chi connectivity index (χ1) is 8.59. The maximum atomic E-state index is 2.48. The molecular formula is C18H23Hf-. The van der Waals surface area contributed by atoms with Gasteiger partial charge in [-0.05, 0) is 18.3 Å². The van der Waals surface area contributed by atoms with E-state index in [-0.39, 0.29) is 25.8 Å². The average Bonchev–Trinajstić information content (AvgIpc) is 2.81. The van der Waals surface area contributed by atoms with Crippen molar-refractivity contribution in [2.45, 2.75) is 52.9 Å². The first-order valence-electron chi connectivity index (χ1n) is 7.29. The Kier molecular flexibility index (Phi) is 4.45. The van der Waals surface area contributed by atoms with Crippen LogP contribution >= 0.6 is 0 Å². The van der Waals surface area contributed by atoms with Gasteiger partial charge in [-0.1, -0.05) is 51.2 Å². The zero-order chi connectivity index (χ0) is 12.8. The number of hydrogen-bond donors (Lipinski definition) is 0. The van der Waals surface area contributed by atoms with Gasteiger partial charge >= 0.3 is 0 Å². The fourth-order valence-corrected chi connectivity index (χ4v) is 3.41. The number of unbranched alkanes of at least 4 members (excludes halogenated alkanes) is 1. The van der Waals surface area contributed by atoms with E-state index in [0.717, 1.165) is 0 Å². The number of rotatable bonds is 3. The van der Waals surface area contributed by atoms with Crippen molar-refractivity contribution in [3.05, 3.63) is 41.0 Å². The molecule has 2 aromatic rings. The summed E-state index contributed by atoms with van der Waals surface area (Å²) in [5, 5.41) is 2.97. The van der Waals surface area contributed by atoms with Gasteiger partial charge in [0, 0.05) is 25.8 Å². The van der Waals surface area contributed by atoms with Crippen molar-refractivity contribution in [2.24, 2.45) is 5.41 Å². The quantitative estimate of drug-likeness (QED) is 0.485. The molecule has 0 amide bonds. The van der Waals surface area contributed by atoms with E-state index >= 15 is 0 Å². The molecule has 0 bridgehead atoms. The van der Waals surface area contributed by atoms with Crippen molar-refractivity contribution >= 4 is 10.8 Å². The topological polar surface area (TPSA) is 0 Å². The van der Waals surface area contributed by atoms with Gasteiger partial charge in [0.05, 0.1) is 0 Å². The van der Waals surface area contributed by atoms with Crippen molar-refractivity contribution in [3.8, 4) is 0 Å². The zero-order valence-electron chi connectivity index (χ0n) is 12.3. The van der Waals surface area contributed by atoms with E-state index in [2.05, 4.69) is 45.0 Å². The Morgan fingerprint density at radius 3 is 2.53 bits per heavy atom. The molecule has 0 atom stereocenters. The largest absolute Gasteiger partial charge is 0.168 e. The second-order valence-corrected chi connectivity index (χ2v) is 6.69. The Balaban J connectivity index is 0.00000133. The Bertz CT molecular complexity index is 575. The smallest absolute Gasteiger partial charge is 0 e. The fraction of sp³-hybridized carbons (Fsp3) is 0.500. The Labute approximate surface area is 135 Å². The summed E-state index contributed by atoms with van der Waals surface area (Å²) in [6.45, 7) is 7.04. The predicted octanol–water partition coefficient (Wildman–Crippen LogP) is 5.02. The van der Waals surface area contributed by atoms with E-state index in [1.54, 1.807) is 16.7 Å². The van der Waals surface area contributed by atoms with Gasteiger partial charge in [0.2, 0.25) is 0 Å². The minimum Gasteiger partial charge on any atom is -0.168 e. The molecule has 1 aliphatic rings. The van der Waals surface area contributed by atoms with E-state index in [4.69, 9.17) is 0 Å². The summed E-state index contributed by atoms with van der Waals surface area (Å²) in [4.78, 5) is 0. The van der Waals surface area contributed by atoms with Crippen LogP contribution < -0.4 is 0 Å². The van der Waals surface area contributed by atoms with Gasteiger partial charge in [-0.2, -0.15) is 6.07 Å². The van der Waals surface area contributed by atoms with E-state index < -0.39 is 0 Å². The van der Waals surface area contributed by atoms with Crippen LogP contribution in [-0.4, -0.2) is 0 Å². The molecule has 0 saturated heterocycles. The summed E-state index contributed by atoms with van der Waals surface area (Å²) >= 11 is 0. The van der Waals surface area contributed by atoms with Crippen molar-refractivity contribution in [3.63, 3.8) is 0 Å². The second kappa shape index (κ2) is 5.60. The summed E-state index contributed by atoms with van der Waals surface area (Å²) in [7, 11) is 0. The normalized spacial score (nSPS) is 16.4. The first-order valence-corrected chi connectivity index (χ1v) is 7.29. The van der Waals surface area contributed by atoms with E-state index in [0.29, 0.717) is 5.41 Å². The van der Waals surface area contributed by atoms with Gasteiger partial charge < -0.3 is 0 Å². The Hall–Kier alpha value is -0.300. The van der Waals surface area contributed by atoms with Crippen LogP contribution in [0.5, 0.6) is 0 Å². The number of fused-ring (bicyclic) bond motifs is 2. The van der Waals surface area contributed by atoms with Gasteiger partial charge in [0.1, 0.15) is 0 Å². The van der Waals surface area contributed by atoms with Gasteiger partial charge in [-0.25, -0.2) is 0 Å². The Morgan fingerprint density at radius 1 is 1.16 bits per heavy atom. The molecule has 3 rings (SSSR count). The van der Waals surface area contributed by atoms with Crippen LogP contribution in [0.3, 0.4) is 0 Å². The maximum Gasteiger partial charge on any atom is 0 e. The number of aryl methyl sites for hydroxylation is 1. The molecule has 0 saturated carbocycles. The maximum absolute atomic E-state index is 2.48. The molecule has 100 valence electrons. The summed E-state index contributed by atoms with van der Waals surface area (Å²) < 4.78 is 0. The molecule has 0 N–H and O–H groups in total. The molecule has 0 nitrogen and oxygen atoms in total. The van der Waals surface area contributed by atoms with Crippen LogP contribution in [0.1, 0.15) is 50.3 Å². The van der Waals surface area contributed by atoms with Gasteiger partial charge in [0.15, 0.2) is 0 Å². The van der Waals surface area contributed by atoms with Crippen LogP contribution in [0.2, 0.25) is 0 Å². The van der Waals surface area contributed by atoms with E-state index in [1.807, 2.05) is 0 Å². The molecule has 0 radical (unpaired) electrons. The van der Waals surface area contributed by atoms with Crippen molar-refractivity contribution < 1.29 is 25.8 Å². The minimum absolute atomic E-state index is 0. The minimum atomic E-state index is 0. The molecule has 1 aliphatic carbocycles. The molecule has 19 heavy (non-hydrogen) atoms. The van der Waals surface area contributed by atoms with E-state index in [1.165, 1.54) is 42.9 Å². The molecule has 1 heteroatoms. The van der Waals surface area contributed by atoms with Crippen molar-refractivity contribution in [2.75, 3.05) is 0 Å². The molecule has 0 unspecified atom stereocenters. The molecule has 0 heterocycles. The first kappa shape index (κ1) is 15.1. The summed E-state index contributed by atoms with van der Waals surface area (Å²) in [6.07, 6.45) is 6.32. The zero-order valence-corrected chi connectivity index (χ0v) is 15.9. The van der Waals surface area contributed by atoms with Crippen LogP contribution in [-0.2, 0) is 45.1 Å². The third kappa shape index (κ3) is 2.91. The molecule has 0 aliphatic heterocycles. The molecule has 0 fully saturated rings. The Morgan fingerprint density at radius 2 is 1.84 bits per heavy atom. The van der Waals surface area contributed by atoms with Crippen LogP contribution in [0.15, 0.2) is 24.3 Å².